The SMILES string of the molecule is CSCC[C@H](NC(C)=O)C(=O)OC(=O)[C@@H](N)CS. The van der Waals surface area contributed by atoms with Crippen LogP contribution in [-0.4, -0.2) is 47.7 Å². The summed E-state index contributed by atoms with van der Waals surface area (Å²) in [7, 11) is 0. The smallest absolute Gasteiger partial charge is 0.336 e. The molecule has 104 valence electrons. The Morgan fingerprint density at radius 3 is 2.44 bits per heavy atom. The summed E-state index contributed by atoms with van der Waals surface area (Å²) < 4.78 is 4.59. The first kappa shape index (κ1) is 17.3. The zero-order chi connectivity index (χ0) is 14.1. The second-order valence-corrected chi connectivity index (χ2v) is 4.91. The first-order valence-corrected chi connectivity index (χ1v) is 7.33. The fourth-order valence-corrected chi connectivity index (χ4v) is 1.67. The molecule has 0 aliphatic rings. The van der Waals surface area contributed by atoms with E-state index in [1.165, 1.54) is 18.7 Å². The fraction of sp³-hybridized carbons (Fsp3) is 0.700. The number of hydrogen-bond donors (Lipinski definition) is 3. The van der Waals surface area contributed by atoms with Gasteiger partial charge >= 0.3 is 11.9 Å². The summed E-state index contributed by atoms with van der Waals surface area (Å²) >= 11 is 5.35. The summed E-state index contributed by atoms with van der Waals surface area (Å²) in [5, 5.41) is 2.44. The molecule has 8 heteroatoms. The van der Waals surface area contributed by atoms with Gasteiger partial charge in [-0.1, -0.05) is 0 Å². The maximum absolute atomic E-state index is 11.7. The van der Waals surface area contributed by atoms with Crippen LogP contribution in [0.15, 0.2) is 0 Å². The first-order valence-electron chi connectivity index (χ1n) is 5.30. The molecule has 0 spiro atoms. The van der Waals surface area contributed by atoms with E-state index in [9.17, 15) is 14.4 Å². The molecule has 0 aromatic carbocycles. The average molecular weight is 294 g/mol. The lowest BCUT2D eigenvalue weighted by atomic mass is 10.2. The molecule has 0 rings (SSSR count). The molecular weight excluding hydrogens is 276 g/mol. The van der Waals surface area contributed by atoms with Crippen molar-refractivity contribution in [2.24, 2.45) is 5.73 Å². The Labute approximate surface area is 116 Å². The molecule has 0 fully saturated rings. The van der Waals surface area contributed by atoms with Crippen molar-refractivity contribution < 1.29 is 19.1 Å². The molecule has 0 aromatic rings. The summed E-state index contributed by atoms with van der Waals surface area (Å²) in [6.45, 7) is 1.29. The largest absolute Gasteiger partial charge is 0.390 e. The van der Waals surface area contributed by atoms with Crippen molar-refractivity contribution in [3.05, 3.63) is 0 Å². The molecule has 0 radical (unpaired) electrons. The predicted octanol–water partition coefficient (Wildman–Crippen LogP) is -0.429. The fourth-order valence-electron chi connectivity index (χ4n) is 1.05. The number of nitrogens with two attached hydrogens (primary N) is 1. The minimum Gasteiger partial charge on any atom is -0.390 e. The number of thioether (sulfide) groups is 1. The van der Waals surface area contributed by atoms with Gasteiger partial charge < -0.3 is 15.8 Å². The molecule has 0 unspecified atom stereocenters. The van der Waals surface area contributed by atoms with Crippen LogP contribution >= 0.6 is 24.4 Å². The number of amides is 1. The quantitative estimate of drug-likeness (QED) is 0.335. The lowest BCUT2D eigenvalue weighted by Gasteiger charge is -2.16. The van der Waals surface area contributed by atoms with E-state index in [2.05, 4.69) is 22.7 Å². The molecule has 0 aromatic heterocycles. The van der Waals surface area contributed by atoms with Crippen LogP contribution in [0, 0.1) is 0 Å². The van der Waals surface area contributed by atoms with Gasteiger partial charge in [-0.05, 0) is 18.4 Å². The van der Waals surface area contributed by atoms with Gasteiger partial charge in [0, 0.05) is 12.7 Å². The standard InChI is InChI=1S/C10H18N2O4S2/c1-6(13)12-8(3-4-18-2)10(15)16-9(14)7(11)5-17/h7-8,17H,3-5,11H2,1-2H3,(H,12,13)/t7-,8-/m0/s1. The van der Waals surface area contributed by atoms with Crippen molar-refractivity contribution in [2.45, 2.75) is 25.4 Å². The second-order valence-electron chi connectivity index (χ2n) is 3.56. The van der Waals surface area contributed by atoms with E-state index in [-0.39, 0.29) is 11.7 Å². The molecule has 3 N–H and O–H groups in total. The van der Waals surface area contributed by atoms with Crippen molar-refractivity contribution in [1.82, 2.24) is 5.32 Å². The molecule has 2 atom stereocenters. The van der Waals surface area contributed by atoms with Crippen LogP contribution in [0.25, 0.3) is 0 Å². The van der Waals surface area contributed by atoms with Crippen LogP contribution < -0.4 is 11.1 Å². The number of carbonyl (C=O) groups is 3. The minimum absolute atomic E-state index is 0.0850. The van der Waals surface area contributed by atoms with E-state index in [1.807, 2.05) is 6.26 Å². The summed E-state index contributed by atoms with van der Waals surface area (Å²) in [6, 6.07) is -1.78. The van der Waals surface area contributed by atoms with Gasteiger partial charge in [-0.15, -0.1) is 0 Å². The van der Waals surface area contributed by atoms with Gasteiger partial charge in [-0.3, -0.25) is 4.79 Å². The molecule has 0 aliphatic heterocycles. The minimum atomic E-state index is -0.948. The lowest BCUT2D eigenvalue weighted by Crippen LogP contribution is -2.44. The van der Waals surface area contributed by atoms with Gasteiger partial charge in [-0.25, -0.2) is 9.59 Å². The van der Waals surface area contributed by atoms with Crippen LogP contribution in [0.5, 0.6) is 0 Å². The molecule has 0 heterocycles. The number of thiol groups is 1. The Hall–Kier alpha value is -0.730. The van der Waals surface area contributed by atoms with Crippen LogP contribution in [-0.2, 0) is 19.1 Å². The van der Waals surface area contributed by atoms with E-state index in [0.717, 1.165) is 0 Å². The maximum Gasteiger partial charge on any atom is 0.336 e. The molecule has 0 bridgehead atoms. The van der Waals surface area contributed by atoms with Crippen molar-refractivity contribution in [3.8, 4) is 0 Å². The second kappa shape index (κ2) is 9.23. The van der Waals surface area contributed by atoms with Gasteiger partial charge in [-0.2, -0.15) is 24.4 Å². The van der Waals surface area contributed by atoms with E-state index in [1.54, 1.807) is 0 Å². The highest BCUT2D eigenvalue weighted by Crippen LogP contribution is 2.04. The molecule has 6 nitrogen and oxygen atoms in total. The number of carbonyl (C=O) groups excluding carboxylic acids is 3. The molecule has 18 heavy (non-hydrogen) atoms. The van der Waals surface area contributed by atoms with Gasteiger partial charge in [0.1, 0.15) is 12.1 Å². The molecule has 0 aliphatic carbocycles. The van der Waals surface area contributed by atoms with Gasteiger partial charge in [0.15, 0.2) is 0 Å². The van der Waals surface area contributed by atoms with Crippen LogP contribution in [0.1, 0.15) is 13.3 Å². The highest BCUT2D eigenvalue weighted by Gasteiger charge is 2.25. The number of ether oxygens (including phenoxy) is 1. The Morgan fingerprint density at radius 2 is 2.00 bits per heavy atom. The Balaban J connectivity index is 4.44. The Kier molecular flexibility index (Phi) is 8.86. The summed E-state index contributed by atoms with van der Waals surface area (Å²) in [4.78, 5) is 33.9. The monoisotopic (exact) mass is 294 g/mol. The molecule has 0 saturated carbocycles. The van der Waals surface area contributed by atoms with Crippen molar-refractivity contribution >= 4 is 42.2 Å². The van der Waals surface area contributed by atoms with Crippen molar-refractivity contribution in [2.75, 3.05) is 17.8 Å². The third-order valence-electron chi connectivity index (χ3n) is 1.97. The van der Waals surface area contributed by atoms with Crippen LogP contribution in [0.2, 0.25) is 0 Å². The number of nitrogens with one attached hydrogen (secondary N) is 1. The van der Waals surface area contributed by atoms with Crippen LogP contribution in [0.3, 0.4) is 0 Å². The van der Waals surface area contributed by atoms with Crippen LogP contribution in [0.4, 0.5) is 0 Å². The predicted molar refractivity (Wildman–Crippen MR) is 73.5 cm³/mol. The third kappa shape index (κ3) is 6.87. The third-order valence-corrected chi connectivity index (χ3v) is 3.01. The van der Waals surface area contributed by atoms with E-state index >= 15 is 0 Å². The molecule has 1 amide bonds. The van der Waals surface area contributed by atoms with Gasteiger partial charge in [0.2, 0.25) is 5.91 Å². The zero-order valence-electron chi connectivity index (χ0n) is 10.3. The van der Waals surface area contributed by atoms with Crippen molar-refractivity contribution in [1.29, 1.82) is 0 Å². The Bertz CT molecular complexity index is 312. The van der Waals surface area contributed by atoms with E-state index in [0.29, 0.717) is 12.2 Å². The summed E-state index contributed by atoms with van der Waals surface area (Å²) in [6.07, 6.45) is 2.26. The average Bonchev–Trinajstić information content (AvgIpc) is 2.32. The van der Waals surface area contributed by atoms with E-state index < -0.39 is 24.0 Å². The molecule has 0 saturated heterocycles. The first-order chi connectivity index (χ1) is 8.42. The topological polar surface area (TPSA) is 98.5 Å². The lowest BCUT2D eigenvalue weighted by molar-refractivity contribution is -0.162. The maximum atomic E-state index is 11.7. The van der Waals surface area contributed by atoms with Crippen molar-refractivity contribution in [3.63, 3.8) is 0 Å². The Morgan fingerprint density at radius 1 is 1.39 bits per heavy atom. The zero-order valence-corrected chi connectivity index (χ0v) is 12.1. The highest BCUT2D eigenvalue weighted by atomic mass is 32.2. The van der Waals surface area contributed by atoms with E-state index in [4.69, 9.17) is 5.73 Å². The summed E-state index contributed by atoms with van der Waals surface area (Å²) in [5.41, 5.74) is 5.37. The number of hydrogen-bond acceptors (Lipinski definition) is 7. The van der Waals surface area contributed by atoms with Gasteiger partial charge in [0.25, 0.3) is 0 Å². The number of esters is 2. The number of rotatable bonds is 7. The molecular formula is C10H18N2O4S2. The highest BCUT2D eigenvalue weighted by molar-refractivity contribution is 7.98. The summed E-state index contributed by atoms with van der Waals surface area (Å²) in [5.74, 6) is -1.24. The normalized spacial score (nSPS) is 13.6. The van der Waals surface area contributed by atoms with Gasteiger partial charge in [0.05, 0.1) is 0 Å².